The zero-order chi connectivity index (χ0) is 38.7. The van der Waals surface area contributed by atoms with Crippen LogP contribution in [0.4, 0.5) is 14.4 Å². The summed E-state index contributed by atoms with van der Waals surface area (Å²) in [5.41, 5.74) is 5.11. The number of fused-ring (bicyclic) bond motifs is 1. The fourth-order valence-corrected chi connectivity index (χ4v) is 5.71. The fourth-order valence-electron chi connectivity index (χ4n) is 5.71. The van der Waals surface area contributed by atoms with Gasteiger partial charge in [0.05, 0.1) is 12.0 Å². The summed E-state index contributed by atoms with van der Waals surface area (Å²) in [6, 6.07) is 14.5. The third-order valence-corrected chi connectivity index (χ3v) is 7.96. The quantitative estimate of drug-likeness (QED) is 0.0743. The number of guanidine groups is 1. The van der Waals surface area contributed by atoms with E-state index in [2.05, 4.69) is 46.7 Å². The van der Waals surface area contributed by atoms with Gasteiger partial charge < -0.3 is 30.2 Å². The smallest absolute Gasteiger partial charge is 0.437 e. The van der Waals surface area contributed by atoms with E-state index in [0.717, 1.165) is 15.8 Å². The van der Waals surface area contributed by atoms with Crippen LogP contribution in [0.25, 0.3) is 10.8 Å². The highest BCUT2D eigenvalue weighted by atomic mass is 16.6. The van der Waals surface area contributed by atoms with Gasteiger partial charge in [-0.05, 0) is 111 Å². The Bertz CT molecular complexity index is 1600. The zero-order valence-electron chi connectivity index (χ0n) is 32.5. The molecule has 0 fully saturated rings. The normalized spacial score (nSPS) is 16.8. The molecule has 0 bridgehead atoms. The lowest BCUT2D eigenvalue weighted by Gasteiger charge is -2.36. The third kappa shape index (κ3) is 14.6. The molecule has 0 unspecified atom stereocenters. The summed E-state index contributed by atoms with van der Waals surface area (Å²) < 4.78 is 16.1. The molecule has 12 nitrogen and oxygen atoms in total. The molecule has 2 atom stereocenters. The predicted molar refractivity (Wildman–Crippen MR) is 204 cm³/mol. The van der Waals surface area contributed by atoms with E-state index in [1.807, 2.05) is 43.9 Å². The number of amides is 4. The third-order valence-electron chi connectivity index (χ3n) is 7.96. The van der Waals surface area contributed by atoms with Gasteiger partial charge in [0.15, 0.2) is 0 Å². The van der Waals surface area contributed by atoms with Crippen LogP contribution in [-0.4, -0.2) is 82.4 Å². The molecular weight excluding hydrogens is 662 g/mol. The van der Waals surface area contributed by atoms with Crippen molar-refractivity contribution in [3.05, 3.63) is 60.2 Å². The second-order valence-electron chi connectivity index (χ2n) is 16.2. The van der Waals surface area contributed by atoms with Crippen LogP contribution >= 0.6 is 0 Å². The Morgan fingerprint density at radius 2 is 1.48 bits per heavy atom. The molecule has 52 heavy (non-hydrogen) atoms. The van der Waals surface area contributed by atoms with E-state index >= 15 is 0 Å². The van der Waals surface area contributed by atoms with Gasteiger partial charge in [-0.1, -0.05) is 61.0 Å². The molecule has 1 heterocycles. The molecule has 4 amide bonds. The lowest BCUT2D eigenvalue weighted by atomic mass is 9.91. The Balaban J connectivity index is 1.68. The minimum absolute atomic E-state index is 0.0448. The zero-order valence-corrected chi connectivity index (χ0v) is 32.5. The van der Waals surface area contributed by atoms with E-state index in [0.29, 0.717) is 51.6 Å². The Labute approximate surface area is 309 Å². The maximum Gasteiger partial charge on any atom is 0.437 e. The highest BCUT2D eigenvalue weighted by Gasteiger charge is 2.32. The molecule has 2 aromatic carbocycles. The molecule has 0 saturated carbocycles. The molecule has 2 aromatic rings. The maximum atomic E-state index is 14.0. The molecule has 286 valence electrons. The summed E-state index contributed by atoms with van der Waals surface area (Å²) in [5.74, 6) is -0.611. The fraction of sp³-hybridized carbons (Fsp3) is 0.575. The molecule has 0 spiro atoms. The Morgan fingerprint density at radius 3 is 2.13 bits per heavy atom. The number of nitrogens with one attached hydrogen (secondary N) is 1. The van der Waals surface area contributed by atoms with Gasteiger partial charge in [-0.15, -0.1) is 4.99 Å². The van der Waals surface area contributed by atoms with Gasteiger partial charge in [0, 0.05) is 19.6 Å². The number of carbonyl (C=O) groups excluding carboxylic acids is 4. The average Bonchev–Trinajstić information content (AvgIpc) is 3.00. The first kappa shape index (κ1) is 41.8. The van der Waals surface area contributed by atoms with E-state index in [1.54, 1.807) is 41.5 Å². The molecule has 3 N–H and O–H groups in total. The van der Waals surface area contributed by atoms with E-state index in [1.165, 1.54) is 5.39 Å². The van der Waals surface area contributed by atoms with Gasteiger partial charge in [0.2, 0.25) is 11.9 Å². The molecule has 12 heteroatoms. The van der Waals surface area contributed by atoms with Crippen molar-refractivity contribution < 1.29 is 33.4 Å². The monoisotopic (exact) mass is 721 g/mol. The molecule has 1 aliphatic rings. The van der Waals surface area contributed by atoms with Gasteiger partial charge in [0.1, 0.15) is 16.8 Å². The SMILES string of the molecule is CC(C)(C)OC(=O)/N=C(/N)N(CCCC[C@H]1C=C[C@H](Cc2ccc3ccccc3c2)N(CCCCNC(=O)OC(C)(C)C)C1=O)C(=O)OC(C)(C)C. The van der Waals surface area contributed by atoms with Crippen LogP contribution in [0.2, 0.25) is 0 Å². The van der Waals surface area contributed by atoms with Crippen molar-refractivity contribution in [2.24, 2.45) is 16.6 Å². The van der Waals surface area contributed by atoms with Gasteiger partial charge in [-0.2, -0.15) is 0 Å². The van der Waals surface area contributed by atoms with Crippen molar-refractivity contribution in [3.8, 4) is 0 Å². The summed E-state index contributed by atoms with van der Waals surface area (Å²) in [4.78, 5) is 58.4. The number of ether oxygens (including phenoxy) is 3. The summed E-state index contributed by atoms with van der Waals surface area (Å²) in [6.07, 6.45) is 5.74. The largest absolute Gasteiger partial charge is 0.444 e. The van der Waals surface area contributed by atoms with Crippen molar-refractivity contribution in [1.82, 2.24) is 15.1 Å². The van der Waals surface area contributed by atoms with Gasteiger partial charge >= 0.3 is 18.3 Å². The number of aliphatic imine (C=N–C) groups is 1. The van der Waals surface area contributed by atoms with E-state index in [-0.39, 0.29) is 30.4 Å². The van der Waals surface area contributed by atoms with E-state index in [4.69, 9.17) is 19.9 Å². The lowest BCUT2D eigenvalue weighted by molar-refractivity contribution is -0.136. The van der Waals surface area contributed by atoms with Crippen LogP contribution in [0.3, 0.4) is 0 Å². The van der Waals surface area contributed by atoms with E-state index in [9.17, 15) is 19.2 Å². The Hall–Kier alpha value is -4.61. The molecule has 3 rings (SSSR count). The minimum atomic E-state index is -0.907. The molecule has 0 saturated heterocycles. The summed E-state index contributed by atoms with van der Waals surface area (Å²) in [5, 5.41) is 5.12. The summed E-state index contributed by atoms with van der Waals surface area (Å²) in [6.45, 7) is 16.9. The number of nitrogens with zero attached hydrogens (tertiary/aromatic N) is 3. The second kappa shape index (κ2) is 18.2. The first-order valence-corrected chi connectivity index (χ1v) is 18.2. The molecule has 1 aliphatic heterocycles. The standard InChI is InChI=1S/C40H59N5O7/c1-38(2,3)50-35(47)42-23-13-15-24-44-32(27-28-19-20-29-16-10-11-18-31(29)26-28)22-21-30(33(44)46)17-12-14-25-45(37(49)52-40(7,8)9)34(41)43-36(48)51-39(4,5)6/h10-11,16,18-22,26,30,32H,12-15,17,23-25,27H2,1-9H3,(H,42,47)(H2,41,43,48)/t30-,32+/m0/s1. The molecule has 0 aromatic heterocycles. The number of benzene rings is 2. The highest BCUT2D eigenvalue weighted by Crippen LogP contribution is 2.26. The topological polar surface area (TPSA) is 153 Å². The Kier molecular flexibility index (Phi) is 14.7. The molecular formula is C40H59N5O7. The van der Waals surface area contributed by atoms with Crippen molar-refractivity contribution in [1.29, 1.82) is 0 Å². The van der Waals surface area contributed by atoms with Gasteiger partial charge in [-0.25, -0.2) is 19.3 Å². The summed E-state index contributed by atoms with van der Waals surface area (Å²) in [7, 11) is 0. The number of unbranched alkanes of at least 4 members (excludes halogenated alkanes) is 2. The number of hydrogen-bond acceptors (Lipinski definition) is 7. The second-order valence-corrected chi connectivity index (χ2v) is 16.2. The van der Waals surface area contributed by atoms with Crippen LogP contribution in [0.1, 0.15) is 100.0 Å². The minimum Gasteiger partial charge on any atom is -0.444 e. The number of alkyl carbamates (subject to hydrolysis) is 1. The molecule has 0 aliphatic carbocycles. The van der Waals surface area contributed by atoms with Gasteiger partial charge in [-0.3, -0.25) is 4.79 Å². The maximum absolute atomic E-state index is 14.0. The van der Waals surface area contributed by atoms with Crippen LogP contribution < -0.4 is 11.1 Å². The van der Waals surface area contributed by atoms with Crippen molar-refractivity contribution in [2.45, 2.75) is 124 Å². The summed E-state index contributed by atoms with van der Waals surface area (Å²) >= 11 is 0. The molecule has 0 radical (unpaired) electrons. The van der Waals surface area contributed by atoms with Crippen LogP contribution in [0, 0.1) is 5.92 Å². The van der Waals surface area contributed by atoms with Crippen LogP contribution in [0.15, 0.2) is 59.6 Å². The highest BCUT2D eigenvalue weighted by molar-refractivity contribution is 5.98. The predicted octanol–water partition coefficient (Wildman–Crippen LogP) is 7.73. The van der Waals surface area contributed by atoms with Crippen molar-refractivity contribution in [3.63, 3.8) is 0 Å². The number of rotatable bonds is 12. The van der Waals surface area contributed by atoms with Crippen molar-refractivity contribution in [2.75, 3.05) is 19.6 Å². The first-order valence-electron chi connectivity index (χ1n) is 18.2. The van der Waals surface area contributed by atoms with Crippen molar-refractivity contribution >= 4 is 40.9 Å². The first-order chi connectivity index (χ1) is 24.2. The lowest BCUT2D eigenvalue weighted by Crippen LogP contribution is -2.47. The number of hydrogen-bond donors (Lipinski definition) is 2. The van der Waals surface area contributed by atoms with E-state index < -0.39 is 35.1 Å². The average molecular weight is 722 g/mol. The number of nitrogens with two attached hydrogens (primary N) is 1. The van der Waals surface area contributed by atoms with Crippen LogP contribution in [-0.2, 0) is 25.4 Å². The van der Waals surface area contributed by atoms with Gasteiger partial charge in [0.25, 0.3) is 0 Å². The number of carbonyl (C=O) groups is 4. The Morgan fingerprint density at radius 1 is 0.827 bits per heavy atom. The van der Waals surface area contributed by atoms with Crippen LogP contribution in [0.5, 0.6) is 0 Å².